The molecule has 1 amide bonds. The van der Waals surface area contributed by atoms with E-state index in [0.717, 1.165) is 11.0 Å². The summed E-state index contributed by atoms with van der Waals surface area (Å²) in [4.78, 5) is 11.8. The number of hydrogen-bond donors (Lipinski definition) is 1. The van der Waals surface area contributed by atoms with E-state index < -0.39 is 0 Å². The SMILES string of the molecule is Cn1cc(Br)cc1C(=O)NCCn1cccc1. The Labute approximate surface area is 108 Å². The lowest BCUT2D eigenvalue weighted by Gasteiger charge is -2.06. The molecule has 0 bridgehead atoms. The van der Waals surface area contributed by atoms with Crippen molar-refractivity contribution in [1.82, 2.24) is 14.5 Å². The summed E-state index contributed by atoms with van der Waals surface area (Å²) in [6, 6.07) is 5.75. The van der Waals surface area contributed by atoms with Crippen molar-refractivity contribution < 1.29 is 4.79 Å². The number of carbonyl (C=O) groups is 1. The van der Waals surface area contributed by atoms with Crippen molar-refractivity contribution in [2.75, 3.05) is 6.54 Å². The van der Waals surface area contributed by atoms with E-state index in [4.69, 9.17) is 0 Å². The second kappa shape index (κ2) is 5.23. The summed E-state index contributed by atoms with van der Waals surface area (Å²) in [6.07, 6.45) is 5.82. The van der Waals surface area contributed by atoms with Gasteiger partial charge in [0.15, 0.2) is 0 Å². The molecule has 0 spiro atoms. The molecule has 0 unspecified atom stereocenters. The lowest BCUT2D eigenvalue weighted by atomic mass is 10.4. The van der Waals surface area contributed by atoms with Gasteiger partial charge < -0.3 is 14.5 Å². The van der Waals surface area contributed by atoms with Crippen molar-refractivity contribution in [2.45, 2.75) is 6.54 Å². The molecule has 90 valence electrons. The molecule has 0 saturated heterocycles. The highest BCUT2D eigenvalue weighted by Gasteiger charge is 2.09. The summed E-state index contributed by atoms with van der Waals surface area (Å²) in [5, 5.41) is 2.89. The zero-order chi connectivity index (χ0) is 12.3. The summed E-state index contributed by atoms with van der Waals surface area (Å²) in [5.74, 6) is -0.0506. The first-order chi connectivity index (χ1) is 8.16. The van der Waals surface area contributed by atoms with Crippen molar-refractivity contribution >= 4 is 21.8 Å². The molecule has 0 aliphatic carbocycles. The third kappa shape index (κ3) is 3.00. The van der Waals surface area contributed by atoms with Crippen LogP contribution in [0.3, 0.4) is 0 Å². The quantitative estimate of drug-likeness (QED) is 0.921. The molecule has 0 radical (unpaired) electrons. The smallest absolute Gasteiger partial charge is 0.267 e. The van der Waals surface area contributed by atoms with Crippen LogP contribution < -0.4 is 5.32 Å². The summed E-state index contributed by atoms with van der Waals surface area (Å²) < 4.78 is 4.74. The fourth-order valence-electron chi connectivity index (χ4n) is 1.66. The highest BCUT2D eigenvalue weighted by atomic mass is 79.9. The molecule has 0 aliphatic rings. The average molecular weight is 296 g/mol. The Morgan fingerprint density at radius 3 is 2.71 bits per heavy atom. The maximum Gasteiger partial charge on any atom is 0.267 e. The number of nitrogens with one attached hydrogen (secondary N) is 1. The van der Waals surface area contributed by atoms with Gasteiger partial charge >= 0.3 is 0 Å². The maximum atomic E-state index is 11.8. The van der Waals surface area contributed by atoms with Gasteiger partial charge in [-0.2, -0.15) is 0 Å². The van der Waals surface area contributed by atoms with Gasteiger partial charge in [0.05, 0.1) is 0 Å². The van der Waals surface area contributed by atoms with Crippen LogP contribution in [0, 0.1) is 0 Å². The fourth-order valence-corrected chi connectivity index (χ4v) is 2.18. The Balaban J connectivity index is 1.87. The number of nitrogens with zero attached hydrogens (tertiary/aromatic N) is 2. The van der Waals surface area contributed by atoms with Gasteiger partial charge in [0.1, 0.15) is 5.69 Å². The van der Waals surface area contributed by atoms with E-state index >= 15 is 0 Å². The van der Waals surface area contributed by atoms with E-state index in [1.54, 1.807) is 4.57 Å². The molecule has 0 atom stereocenters. The minimum atomic E-state index is -0.0506. The Morgan fingerprint density at radius 2 is 2.12 bits per heavy atom. The summed E-state index contributed by atoms with van der Waals surface area (Å²) >= 11 is 3.35. The standard InChI is InChI=1S/C12H14BrN3O/c1-15-9-10(13)8-11(15)12(17)14-4-7-16-5-2-3-6-16/h2-3,5-6,8-9H,4,7H2,1H3,(H,14,17). The molecule has 0 fully saturated rings. The number of carbonyl (C=O) groups excluding carboxylic acids is 1. The molecular weight excluding hydrogens is 282 g/mol. The van der Waals surface area contributed by atoms with Gasteiger partial charge in [0.2, 0.25) is 0 Å². The Hall–Kier alpha value is -1.49. The van der Waals surface area contributed by atoms with E-state index in [9.17, 15) is 4.79 Å². The van der Waals surface area contributed by atoms with Gasteiger partial charge in [-0.25, -0.2) is 0 Å². The van der Waals surface area contributed by atoms with E-state index in [0.29, 0.717) is 12.2 Å². The zero-order valence-corrected chi connectivity index (χ0v) is 11.1. The minimum absolute atomic E-state index is 0.0506. The van der Waals surface area contributed by atoms with Crippen molar-refractivity contribution in [3.63, 3.8) is 0 Å². The molecular formula is C12H14BrN3O. The van der Waals surface area contributed by atoms with Gasteiger partial charge in [-0.3, -0.25) is 4.79 Å². The fraction of sp³-hybridized carbons (Fsp3) is 0.250. The molecule has 5 heteroatoms. The highest BCUT2D eigenvalue weighted by Crippen LogP contribution is 2.13. The van der Waals surface area contributed by atoms with Crippen LogP contribution >= 0.6 is 15.9 Å². The van der Waals surface area contributed by atoms with Crippen LogP contribution in [-0.2, 0) is 13.6 Å². The molecule has 2 aromatic rings. The predicted molar refractivity (Wildman–Crippen MR) is 69.9 cm³/mol. The van der Waals surface area contributed by atoms with Gasteiger partial charge in [-0.1, -0.05) is 0 Å². The third-order valence-electron chi connectivity index (χ3n) is 2.53. The predicted octanol–water partition coefficient (Wildman–Crippen LogP) is 2.02. The average Bonchev–Trinajstić information content (AvgIpc) is 2.88. The largest absolute Gasteiger partial charge is 0.353 e. The van der Waals surface area contributed by atoms with Crippen molar-refractivity contribution in [2.24, 2.45) is 7.05 Å². The molecule has 2 aromatic heterocycles. The van der Waals surface area contributed by atoms with E-state index in [1.807, 2.05) is 48.4 Å². The Kier molecular flexibility index (Phi) is 3.68. The molecule has 0 aliphatic heterocycles. The normalized spacial score (nSPS) is 10.5. The molecule has 17 heavy (non-hydrogen) atoms. The van der Waals surface area contributed by atoms with Gasteiger partial charge in [0, 0.05) is 43.2 Å². The molecule has 2 heterocycles. The molecule has 0 saturated carbocycles. The molecule has 4 nitrogen and oxygen atoms in total. The van der Waals surface area contributed by atoms with Crippen LogP contribution in [0.2, 0.25) is 0 Å². The molecule has 0 aromatic carbocycles. The number of amides is 1. The Morgan fingerprint density at radius 1 is 1.41 bits per heavy atom. The third-order valence-corrected chi connectivity index (χ3v) is 2.96. The topological polar surface area (TPSA) is 39.0 Å². The summed E-state index contributed by atoms with van der Waals surface area (Å²) in [7, 11) is 1.85. The monoisotopic (exact) mass is 295 g/mol. The molecule has 2 rings (SSSR count). The number of hydrogen-bond acceptors (Lipinski definition) is 1. The lowest BCUT2D eigenvalue weighted by molar-refractivity contribution is 0.0944. The zero-order valence-electron chi connectivity index (χ0n) is 9.56. The van der Waals surface area contributed by atoms with Crippen LogP contribution in [0.15, 0.2) is 41.3 Å². The maximum absolute atomic E-state index is 11.8. The molecule has 1 N–H and O–H groups in total. The van der Waals surface area contributed by atoms with Gasteiger partial charge in [-0.15, -0.1) is 0 Å². The lowest BCUT2D eigenvalue weighted by Crippen LogP contribution is -2.28. The number of aryl methyl sites for hydroxylation is 1. The van der Waals surface area contributed by atoms with Crippen LogP contribution in [0.25, 0.3) is 0 Å². The second-order valence-electron chi connectivity index (χ2n) is 3.83. The van der Waals surface area contributed by atoms with Crippen molar-refractivity contribution in [1.29, 1.82) is 0 Å². The summed E-state index contributed by atoms with van der Waals surface area (Å²) in [6.45, 7) is 1.40. The minimum Gasteiger partial charge on any atom is -0.353 e. The van der Waals surface area contributed by atoms with E-state index in [-0.39, 0.29) is 5.91 Å². The second-order valence-corrected chi connectivity index (χ2v) is 4.75. The van der Waals surface area contributed by atoms with E-state index in [2.05, 4.69) is 21.2 Å². The van der Waals surface area contributed by atoms with Crippen LogP contribution in [-0.4, -0.2) is 21.6 Å². The van der Waals surface area contributed by atoms with Gasteiger partial charge in [-0.05, 0) is 34.1 Å². The van der Waals surface area contributed by atoms with Crippen molar-refractivity contribution in [3.05, 3.63) is 47.0 Å². The first-order valence-corrected chi connectivity index (χ1v) is 6.17. The first-order valence-electron chi connectivity index (χ1n) is 5.37. The van der Waals surface area contributed by atoms with Crippen LogP contribution in [0.5, 0.6) is 0 Å². The highest BCUT2D eigenvalue weighted by molar-refractivity contribution is 9.10. The van der Waals surface area contributed by atoms with E-state index in [1.165, 1.54) is 0 Å². The number of halogens is 1. The Bertz CT molecular complexity index is 502. The van der Waals surface area contributed by atoms with Crippen LogP contribution in [0.1, 0.15) is 10.5 Å². The number of aromatic nitrogens is 2. The summed E-state index contributed by atoms with van der Waals surface area (Å²) in [5.41, 5.74) is 0.657. The number of rotatable bonds is 4. The van der Waals surface area contributed by atoms with Crippen LogP contribution in [0.4, 0.5) is 0 Å². The van der Waals surface area contributed by atoms with Gasteiger partial charge in [0.25, 0.3) is 5.91 Å². The van der Waals surface area contributed by atoms with Crippen molar-refractivity contribution in [3.8, 4) is 0 Å². The first kappa shape index (κ1) is 12.0.